The van der Waals surface area contributed by atoms with Crippen LogP contribution in [0.4, 0.5) is 32.0 Å². The number of H-pyrrole nitrogens is 1. The quantitative estimate of drug-likeness (QED) is 0.514. The van der Waals surface area contributed by atoms with Gasteiger partial charge in [-0.2, -0.15) is 13.2 Å². The van der Waals surface area contributed by atoms with Crippen LogP contribution in [-0.2, 0) is 6.18 Å². The van der Waals surface area contributed by atoms with Crippen LogP contribution in [0.15, 0.2) is 10.9 Å². The molecule has 0 aliphatic heterocycles. The number of nitrogens with one attached hydrogen (secondary N) is 1. The molecule has 19 heavy (non-hydrogen) atoms. The molecule has 0 amide bonds. The number of aromatic nitrogens is 1. The standard InChI is InChI=1S/C7H2F6N2O4/c8-6(9,10)4-2(15(17)18)1-3(5(16)14-4)19-7(11,12)13/h1H,(H,14,16). The summed E-state index contributed by atoms with van der Waals surface area (Å²) in [4.78, 5) is 20.6. The van der Waals surface area contributed by atoms with Crippen molar-refractivity contribution in [3.63, 3.8) is 0 Å². The minimum absolute atomic E-state index is 0.241. The molecule has 1 aromatic heterocycles. The minimum Gasteiger partial charge on any atom is -0.400 e. The third-order valence-electron chi connectivity index (χ3n) is 1.69. The van der Waals surface area contributed by atoms with E-state index in [0.717, 1.165) is 4.98 Å². The fourth-order valence-corrected chi connectivity index (χ4v) is 1.06. The van der Waals surface area contributed by atoms with Crippen LogP contribution in [0.3, 0.4) is 0 Å². The number of ether oxygens (including phenoxy) is 1. The van der Waals surface area contributed by atoms with E-state index in [1.54, 1.807) is 0 Å². The first-order valence-corrected chi connectivity index (χ1v) is 4.16. The Hall–Kier alpha value is -2.27. The number of alkyl halides is 6. The molecule has 0 radical (unpaired) electrons. The highest BCUT2D eigenvalue weighted by Crippen LogP contribution is 2.35. The lowest BCUT2D eigenvalue weighted by atomic mass is 10.3. The number of hydrogen-bond donors (Lipinski definition) is 1. The Morgan fingerprint density at radius 2 is 1.74 bits per heavy atom. The molecule has 0 saturated heterocycles. The average Bonchev–Trinajstić information content (AvgIpc) is 2.16. The zero-order chi connectivity index (χ0) is 15.0. The molecule has 1 aromatic rings. The number of hydrogen-bond acceptors (Lipinski definition) is 4. The van der Waals surface area contributed by atoms with Crippen LogP contribution < -0.4 is 10.3 Å². The van der Waals surface area contributed by atoms with Gasteiger partial charge < -0.3 is 9.72 Å². The molecule has 0 bridgehead atoms. The zero-order valence-corrected chi connectivity index (χ0v) is 8.43. The number of nitro groups is 1. The topological polar surface area (TPSA) is 85.2 Å². The number of aromatic amines is 1. The lowest BCUT2D eigenvalue weighted by molar-refractivity contribution is -0.388. The molecule has 0 fully saturated rings. The lowest BCUT2D eigenvalue weighted by Gasteiger charge is -2.10. The maximum Gasteiger partial charge on any atom is 0.573 e. The van der Waals surface area contributed by atoms with Crippen molar-refractivity contribution >= 4 is 5.69 Å². The van der Waals surface area contributed by atoms with Gasteiger partial charge in [-0.25, -0.2) is 0 Å². The van der Waals surface area contributed by atoms with Gasteiger partial charge >= 0.3 is 18.2 Å². The Morgan fingerprint density at radius 1 is 1.21 bits per heavy atom. The highest BCUT2D eigenvalue weighted by Gasteiger charge is 2.42. The average molecular weight is 292 g/mol. The van der Waals surface area contributed by atoms with Crippen LogP contribution in [0.25, 0.3) is 0 Å². The monoisotopic (exact) mass is 292 g/mol. The Morgan fingerprint density at radius 3 is 2.11 bits per heavy atom. The Labute approximate surface area is 98.3 Å². The van der Waals surface area contributed by atoms with Gasteiger partial charge in [0.25, 0.3) is 5.56 Å². The highest BCUT2D eigenvalue weighted by atomic mass is 19.4. The SMILES string of the molecule is O=c1[nH]c(C(F)(F)F)c([N+](=O)[O-])cc1OC(F)(F)F. The van der Waals surface area contributed by atoms with E-state index in [9.17, 15) is 41.3 Å². The van der Waals surface area contributed by atoms with Gasteiger partial charge in [-0.3, -0.25) is 14.9 Å². The van der Waals surface area contributed by atoms with E-state index >= 15 is 0 Å². The summed E-state index contributed by atoms with van der Waals surface area (Å²) in [5.41, 5.74) is -5.72. The third kappa shape index (κ3) is 3.59. The van der Waals surface area contributed by atoms with Crippen molar-refractivity contribution < 1.29 is 36.0 Å². The van der Waals surface area contributed by atoms with Crippen molar-refractivity contribution in [2.45, 2.75) is 12.5 Å². The number of nitrogens with zero attached hydrogens (tertiary/aromatic N) is 1. The second kappa shape index (κ2) is 4.44. The summed E-state index contributed by atoms with van der Waals surface area (Å²) in [6.07, 6.45) is -10.7. The van der Waals surface area contributed by atoms with Gasteiger partial charge in [-0.15, -0.1) is 13.2 Å². The van der Waals surface area contributed by atoms with Gasteiger partial charge in [0, 0.05) is 0 Å². The van der Waals surface area contributed by atoms with Gasteiger partial charge in [0.2, 0.25) is 11.4 Å². The first kappa shape index (κ1) is 14.8. The summed E-state index contributed by atoms with van der Waals surface area (Å²) in [6.45, 7) is 0. The van der Waals surface area contributed by atoms with Crippen LogP contribution in [0, 0.1) is 10.1 Å². The summed E-state index contributed by atoms with van der Waals surface area (Å²) in [6, 6.07) is -0.241. The molecule has 0 aromatic carbocycles. The molecule has 0 saturated carbocycles. The maximum atomic E-state index is 12.3. The third-order valence-corrected chi connectivity index (χ3v) is 1.69. The van der Waals surface area contributed by atoms with Gasteiger partial charge in [-0.1, -0.05) is 0 Å². The molecule has 0 unspecified atom stereocenters. The van der Waals surface area contributed by atoms with E-state index in [0.29, 0.717) is 0 Å². The zero-order valence-electron chi connectivity index (χ0n) is 8.43. The summed E-state index contributed by atoms with van der Waals surface area (Å²) in [5.74, 6) is -1.66. The smallest absolute Gasteiger partial charge is 0.400 e. The summed E-state index contributed by atoms with van der Waals surface area (Å²) in [5, 5.41) is 10.3. The van der Waals surface area contributed by atoms with Gasteiger partial charge in [0.05, 0.1) is 11.0 Å². The predicted octanol–water partition coefficient (Wildman–Crippen LogP) is 2.20. The van der Waals surface area contributed by atoms with Crippen molar-refractivity contribution in [1.29, 1.82) is 0 Å². The second-order valence-corrected chi connectivity index (χ2v) is 3.03. The molecule has 1 rings (SSSR count). The largest absolute Gasteiger partial charge is 0.573 e. The molecular weight excluding hydrogens is 290 g/mol. The van der Waals surface area contributed by atoms with E-state index in [4.69, 9.17) is 0 Å². The molecule has 0 aliphatic carbocycles. The van der Waals surface area contributed by atoms with Gasteiger partial charge in [0.1, 0.15) is 0 Å². The molecule has 106 valence electrons. The van der Waals surface area contributed by atoms with Crippen molar-refractivity contribution in [3.8, 4) is 5.75 Å². The minimum atomic E-state index is -5.37. The summed E-state index contributed by atoms with van der Waals surface area (Å²) in [7, 11) is 0. The van der Waals surface area contributed by atoms with Crippen molar-refractivity contribution in [2.24, 2.45) is 0 Å². The number of halogens is 6. The van der Waals surface area contributed by atoms with E-state index in [2.05, 4.69) is 4.74 Å². The van der Waals surface area contributed by atoms with E-state index < -0.39 is 40.2 Å². The van der Waals surface area contributed by atoms with Gasteiger partial charge in [-0.05, 0) is 0 Å². The first-order valence-electron chi connectivity index (χ1n) is 4.16. The van der Waals surface area contributed by atoms with Crippen LogP contribution in [-0.4, -0.2) is 16.3 Å². The van der Waals surface area contributed by atoms with E-state index in [1.165, 1.54) is 0 Å². The van der Waals surface area contributed by atoms with E-state index in [1.807, 2.05) is 0 Å². The van der Waals surface area contributed by atoms with Crippen LogP contribution >= 0.6 is 0 Å². The van der Waals surface area contributed by atoms with Crippen LogP contribution in [0.1, 0.15) is 5.69 Å². The van der Waals surface area contributed by atoms with Gasteiger partial charge in [0.15, 0.2) is 0 Å². The fourth-order valence-electron chi connectivity index (χ4n) is 1.06. The predicted molar refractivity (Wildman–Crippen MR) is 45.4 cm³/mol. The second-order valence-electron chi connectivity index (χ2n) is 3.03. The first-order chi connectivity index (χ1) is 8.42. The Balaban J connectivity index is 3.46. The Kier molecular flexibility index (Phi) is 3.45. The maximum absolute atomic E-state index is 12.3. The normalized spacial score (nSPS) is 12.3. The molecular formula is C7H2F6N2O4. The lowest BCUT2D eigenvalue weighted by Crippen LogP contribution is -2.25. The molecule has 6 nitrogen and oxygen atoms in total. The summed E-state index contributed by atoms with van der Waals surface area (Å²) < 4.78 is 75.5. The number of pyridine rings is 1. The number of rotatable bonds is 2. The fraction of sp³-hybridized carbons (Fsp3) is 0.286. The van der Waals surface area contributed by atoms with E-state index in [-0.39, 0.29) is 6.07 Å². The molecule has 0 aliphatic rings. The van der Waals surface area contributed by atoms with Crippen molar-refractivity contribution in [3.05, 3.63) is 32.2 Å². The Bertz CT molecular complexity index is 560. The molecule has 0 spiro atoms. The van der Waals surface area contributed by atoms with Crippen molar-refractivity contribution in [2.75, 3.05) is 0 Å². The van der Waals surface area contributed by atoms with Crippen LogP contribution in [0.2, 0.25) is 0 Å². The molecule has 12 heteroatoms. The molecule has 0 atom stereocenters. The van der Waals surface area contributed by atoms with Crippen LogP contribution in [0.5, 0.6) is 5.75 Å². The molecule has 1 heterocycles. The molecule has 1 N–H and O–H groups in total. The van der Waals surface area contributed by atoms with Crippen molar-refractivity contribution in [1.82, 2.24) is 4.98 Å². The highest BCUT2D eigenvalue weighted by molar-refractivity contribution is 5.42. The summed E-state index contributed by atoms with van der Waals surface area (Å²) >= 11 is 0.